The van der Waals surface area contributed by atoms with E-state index in [2.05, 4.69) is 25.2 Å². The standard InChI is InChI=1S/C16H19ClF3N7O/c17-11-7-10(16(18,19)20)8-22-13(11)25-14-12(21)15(24-9-23-14)27-3-1-26(2-4-27)5-6-28/h7-9,28H,1-6,21H2,(H,22,23,24,25). The monoisotopic (exact) mass is 417 g/mol. The zero-order chi connectivity index (χ0) is 20.3. The number of nitrogens with one attached hydrogen (secondary N) is 1. The summed E-state index contributed by atoms with van der Waals surface area (Å²) in [5.41, 5.74) is 5.47. The second-order valence-electron chi connectivity index (χ2n) is 6.19. The molecule has 0 aliphatic carbocycles. The summed E-state index contributed by atoms with van der Waals surface area (Å²) in [7, 11) is 0. The molecule has 1 aliphatic heterocycles. The van der Waals surface area contributed by atoms with Crippen LogP contribution in [-0.4, -0.2) is 64.3 Å². The molecule has 0 unspecified atom stereocenters. The second kappa shape index (κ2) is 8.33. The molecule has 152 valence electrons. The van der Waals surface area contributed by atoms with E-state index in [-0.39, 0.29) is 29.0 Å². The van der Waals surface area contributed by atoms with Crippen molar-refractivity contribution in [3.8, 4) is 0 Å². The number of aromatic nitrogens is 3. The van der Waals surface area contributed by atoms with Crippen molar-refractivity contribution in [1.29, 1.82) is 0 Å². The minimum atomic E-state index is -4.53. The number of nitrogen functional groups attached to an aromatic ring is 1. The topological polar surface area (TPSA) is 103 Å². The van der Waals surface area contributed by atoms with E-state index in [9.17, 15) is 13.2 Å². The largest absolute Gasteiger partial charge is 0.417 e. The van der Waals surface area contributed by atoms with Crippen molar-refractivity contribution < 1.29 is 18.3 Å². The molecule has 0 spiro atoms. The lowest BCUT2D eigenvalue weighted by atomic mass is 10.2. The number of alkyl halides is 3. The van der Waals surface area contributed by atoms with Crippen molar-refractivity contribution in [3.05, 3.63) is 29.2 Å². The number of pyridine rings is 1. The maximum atomic E-state index is 12.7. The van der Waals surface area contributed by atoms with Crippen molar-refractivity contribution in [2.75, 3.05) is 55.3 Å². The normalized spacial score (nSPS) is 15.7. The van der Waals surface area contributed by atoms with Crippen LogP contribution in [0.5, 0.6) is 0 Å². The van der Waals surface area contributed by atoms with Crippen LogP contribution in [0.25, 0.3) is 0 Å². The van der Waals surface area contributed by atoms with Gasteiger partial charge < -0.3 is 21.1 Å². The van der Waals surface area contributed by atoms with Crippen LogP contribution < -0.4 is 16.0 Å². The van der Waals surface area contributed by atoms with Gasteiger partial charge in [0.05, 0.1) is 17.2 Å². The number of halogens is 4. The Morgan fingerprint density at radius 1 is 1.14 bits per heavy atom. The molecule has 2 aromatic heterocycles. The summed E-state index contributed by atoms with van der Waals surface area (Å²) < 4.78 is 38.2. The molecule has 0 aromatic carbocycles. The number of piperazine rings is 1. The van der Waals surface area contributed by atoms with E-state index < -0.39 is 11.7 Å². The van der Waals surface area contributed by atoms with Gasteiger partial charge in [-0.2, -0.15) is 13.2 Å². The zero-order valence-corrected chi connectivity index (χ0v) is 15.5. The lowest BCUT2D eigenvalue weighted by molar-refractivity contribution is -0.137. The van der Waals surface area contributed by atoms with Crippen LogP contribution in [0, 0.1) is 0 Å². The van der Waals surface area contributed by atoms with Gasteiger partial charge in [-0.3, -0.25) is 4.90 Å². The van der Waals surface area contributed by atoms with Gasteiger partial charge in [-0.05, 0) is 6.07 Å². The Bertz CT molecular complexity index is 828. The maximum Gasteiger partial charge on any atom is 0.417 e. The first-order valence-corrected chi connectivity index (χ1v) is 8.85. The van der Waals surface area contributed by atoms with Crippen LogP contribution in [0.3, 0.4) is 0 Å². The summed E-state index contributed by atoms with van der Waals surface area (Å²) in [5.74, 6) is 0.736. The first kappa shape index (κ1) is 20.4. The molecule has 0 radical (unpaired) electrons. The Kier molecular flexibility index (Phi) is 6.06. The van der Waals surface area contributed by atoms with Gasteiger partial charge in [-0.1, -0.05) is 11.6 Å². The van der Waals surface area contributed by atoms with Crippen molar-refractivity contribution in [1.82, 2.24) is 19.9 Å². The van der Waals surface area contributed by atoms with Crippen LogP contribution in [0.15, 0.2) is 18.6 Å². The number of nitrogens with zero attached hydrogens (tertiary/aromatic N) is 5. The molecule has 0 saturated carbocycles. The Morgan fingerprint density at radius 3 is 2.46 bits per heavy atom. The van der Waals surface area contributed by atoms with Gasteiger partial charge in [0.1, 0.15) is 17.8 Å². The van der Waals surface area contributed by atoms with Gasteiger partial charge in [0.2, 0.25) is 0 Å². The van der Waals surface area contributed by atoms with E-state index in [0.717, 1.165) is 19.2 Å². The quantitative estimate of drug-likeness (QED) is 0.678. The van der Waals surface area contributed by atoms with E-state index in [0.29, 0.717) is 31.6 Å². The molecule has 4 N–H and O–H groups in total. The Hall–Kier alpha value is -2.37. The van der Waals surface area contributed by atoms with Crippen LogP contribution in [-0.2, 0) is 6.18 Å². The molecule has 1 fully saturated rings. The van der Waals surface area contributed by atoms with Crippen molar-refractivity contribution in [3.63, 3.8) is 0 Å². The Balaban J connectivity index is 1.77. The fraction of sp³-hybridized carbons (Fsp3) is 0.438. The minimum absolute atomic E-state index is 0.0128. The van der Waals surface area contributed by atoms with Gasteiger partial charge in [0.25, 0.3) is 0 Å². The molecule has 28 heavy (non-hydrogen) atoms. The van der Waals surface area contributed by atoms with E-state index in [4.69, 9.17) is 22.4 Å². The highest BCUT2D eigenvalue weighted by molar-refractivity contribution is 6.33. The number of hydrogen-bond donors (Lipinski definition) is 3. The molecule has 0 atom stereocenters. The number of nitrogens with two attached hydrogens (primary N) is 1. The van der Waals surface area contributed by atoms with E-state index in [1.54, 1.807) is 0 Å². The van der Waals surface area contributed by atoms with Crippen molar-refractivity contribution in [2.45, 2.75) is 6.18 Å². The summed E-state index contributed by atoms with van der Waals surface area (Å²) in [6.07, 6.45) is -2.53. The van der Waals surface area contributed by atoms with Crippen LogP contribution in [0.4, 0.5) is 36.3 Å². The first-order valence-electron chi connectivity index (χ1n) is 8.48. The average molecular weight is 418 g/mol. The van der Waals surface area contributed by atoms with Gasteiger partial charge >= 0.3 is 6.18 Å². The smallest absolute Gasteiger partial charge is 0.395 e. The summed E-state index contributed by atoms with van der Waals surface area (Å²) in [4.78, 5) is 16.1. The van der Waals surface area contributed by atoms with E-state index in [1.807, 2.05) is 4.90 Å². The lowest BCUT2D eigenvalue weighted by Crippen LogP contribution is -2.47. The number of anilines is 4. The number of β-amino-alcohol motifs (C(OH)–C–C–N with tert-alkyl or cyclic N) is 1. The predicted molar refractivity (Wildman–Crippen MR) is 99.7 cm³/mol. The van der Waals surface area contributed by atoms with Crippen LogP contribution in [0.2, 0.25) is 5.02 Å². The van der Waals surface area contributed by atoms with E-state index >= 15 is 0 Å². The summed E-state index contributed by atoms with van der Waals surface area (Å²) >= 11 is 5.93. The third-order valence-electron chi connectivity index (χ3n) is 4.36. The molecule has 0 bridgehead atoms. The van der Waals surface area contributed by atoms with Gasteiger partial charge in [-0.25, -0.2) is 15.0 Å². The fourth-order valence-electron chi connectivity index (χ4n) is 2.86. The SMILES string of the molecule is Nc1c(Nc2ncc(C(F)(F)F)cc2Cl)ncnc1N1CCN(CCO)CC1. The highest BCUT2D eigenvalue weighted by atomic mass is 35.5. The van der Waals surface area contributed by atoms with Gasteiger partial charge in [0.15, 0.2) is 11.6 Å². The Morgan fingerprint density at radius 2 is 1.86 bits per heavy atom. The maximum absolute atomic E-state index is 12.7. The lowest BCUT2D eigenvalue weighted by Gasteiger charge is -2.35. The third kappa shape index (κ3) is 4.54. The van der Waals surface area contributed by atoms with Crippen LogP contribution in [0.1, 0.15) is 5.56 Å². The average Bonchev–Trinajstić information content (AvgIpc) is 2.65. The molecule has 1 saturated heterocycles. The summed E-state index contributed by atoms with van der Waals surface area (Å²) in [5, 5.41) is 11.6. The highest BCUT2D eigenvalue weighted by Gasteiger charge is 2.31. The minimum Gasteiger partial charge on any atom is -0.395 e. The molecular weight excluding hydrogens is 399 g/mol. The zero-order valence-electron chi connectivity index (χ0n) is 14.7. The fourth-order valence-corrected chi connectivity index (χ4v) is 3.07. The summed E-state index contributed by atoms with van der Waals surface area (Å²) in [6, 6.07) is 0.787. The molecule has 0 amide bonds. The number of aliphatic hydroxyl groups excluding tert-OH is 1. The number of aliphatic hydroxyl groups is 1. The van der Waals surface area contributed by atoms with Gasteiger partial charge in [0, 0.05) is 38.9 Å². The molecule has 8 nitrogen and oxygen atoms in total. The summed E-state index contributed by atoms with van der Waals surface area (Å²) in [6.45, 7) is 3.54. The van der Waals surface area contributed by atoms with Gasteiger partial charge in [-0.15, -0.1) is 0 Å². The molecule has 3 rings (SSSR count). The number of hydrogen-bond acceptors (Lipinski definition) is 8. The molecular formula is C16H19ClF3N7O. The van der Waals surface area contributed by atoms with E-state index in [1.165, 1.54) is 6.33 Å². The highest BCUT2D eigenvalue weighted by Crippen LogP contribution is 2.34. The second-order valence-corrected chi connectivity index (χ2v) is 6.60. The molecule has 2 aromatic rings. The first-order chi connectivity index (χ1) is 13.3. The van der Waals surface area contributed by atoms with Crippen molar-refractivity contribution >= 4 is 34.7 Å². The third-order valence-corrected chi connectivity index (χ3v) is 4.64. The Labute approximate surface area is 164 Å². The van der Waals surface area contributed by atoms with Crippen molar-refractivity contribution in [2.24, 2.45) is 0 Å². The van der Waals surface area contributed by atoms with Crippen LogP contribution >= 0.6 is 11.6 Å². The predicted octanol–water partition coefficient (Wildman–Crippen LogP) is 1.98. The number of rotatable bonds is 5. The molecule has 1 aliphatic rings. The molecule has 3 heterocycles. The molecule has 12 heteroatoms.